The molecule has 1 aliphatic rings. The van der Waals surface area contributed by atoms with E-state index < -0.39 is 5.97 Å². The van der Waals surface area contributed by atoms with Crippen LogP contribution in [0.15, 0.2) is 70.2 Å². The van der Waals surface area contributed by atoms with Gasteiger partial charge in [-0.3, -0.25) is 9.69 Å². The maximum absolute atomic E-state index is 12.8. The van der Waals surface area contributed by atoms with Crippen molar-refractivity contribution < 1.29 is 18.7 Å². The number of furan rings is 1. The second-order valence-electron chi connectivity index (χ2n) is 7.16. The Bertz CT molecular complexity index is 1460. The Morgan fingerprint density at radius 2 is 1.91 bits per heavy atom. The highest BCUT2D eigenvalue weighted by atomic mass is 35.5. The molecule has 0 spiro atoms. The minimum atomic E-state index is -0.561. The largest absolute Gasteiger partial charge is 0.467 e. The van der Waals surface area contributed by atoms with E-state index in [1.165, 1.54) is 28.0 Å². The number of fused-ring (bicyclic) bond motifs is 1. The van der Waals surface area contributed by atoms with Gasteiger partial charge >= 0.3 is 5.97 Å². The van der Waals surface area contributed by atoms with E-state index in [9.17, 15) is 9.59 Å². The molecule has 170 valence electrons. The summed E-state index contributed by atoms with van der Waals surface area (Å²) in [5.74, 6) is 0.269. The van der Waals surface area contributed by atoms with E-state index in [1.807, 2.05) is 6.07 Å². The lowest BCUT2D eigenvalue weighted by molar-refractivity contribution is -0.122. The molecule has 1 amide bonds. The highest BCUT2D eigenvalue weighted by Gasteiger charge is 2.32. The molecule has 0 bridgehead atoms. The SMILES string of the molecule is O=C(Oc1ccc(C=C2SC(=S)N(Cc3ccco3)C2=O)cc1)c1sc2cccc(Cl)c2c1Cl. The van der Waals surface area contributed by atoms with Crippen LogP contribution in [0.4, 0.5) is 0 Å². The van der Waals surface area contributed by atoms with Crippen LogP contribution < -0.4 is 4.74 Å². The van der Waals surface area contributed by atoms with E-state index in [2.05, 4.69) is 0 Å². The van der Waals surface area contributed by atoms with E-state index in [0.717, 1.165) is 10.3 Å². The predicted octanol–water partition coefficient (Wildman–Crippen LogP) is 7.42. The number of rotatable bonds is 5. The summed E-state index contributed by atoms with van der Waals surface area (Å²) in [6.45, 7) is 0.287. The van der Waals surface area contributed by atoms with Crippen LogP contribution in [-0.2, 0) is 11.3 Å². The average Bonchev–Trinajstić information content (AvgIpc) is 3.51. The number of nitrogens with zero attached hydrogens (tertiary/aromatic N) is 1. The minimum Gasteiger partial charge on any atom is -0.467 e. The highest BCUT2D eigenvalue weighted by molar-refractivity contribution is 8.26. The van der Waals surface area contributed by atoms with Crippen LogP contribution in [-0.4, -0.2) is 21.1 Å². The average molecular weight is 546 g/mol. The number of ether oxygens (including phenoxy) is 1. The summed E-state index contributed by atoms with van der Waals surface area (Å²) in [6, 6.07) is 15.8. The molecule has 1 saturated heterocycles. The van der Waals surface area contributed by atoms with Crippen LogP contribution in [0.2, 0.25) is 10.0 Å². The van der Waals surface area contributed by atoms with E-state index >= 15 is 0 Å². The molecule has 4 aromatic rings. The third kappa shape index (κ3) is 4.52. The summed E-state index contributed by atoms with van der Waals surface area (Å²) in [5, 5.41) is 1.41. The van der Waals surface area contributed by atoms with Crippen molar-refractivity contribution in [3.8, 4) is 5.75 Å². The quantitative estimate of drug-likeness (QED) is 0.112. The van der Waals surface area contributed by atoms with Gasteiger partial charge in [-0.2, -0.15) is 0 Å². The number of thiophene rings is 1. The molecule has 0 unspecified atom stereocenters. The lowest BCUT2D eigenvalue weighted by Gasteiger charge is -2.11. The summed E-state index contributed by atoms with van der Waals surface area (Å²) < 4.78 is 12.1. The van der Waals surface area contributed by atoms with Crippen molar-refractivity contribution in [3.05, 3.63) is 92.0 Å². The first kappa shape index (κ1) is 23.1. The first-order valence-electron chi connectivity index (χ1n) is 9.87. The lowest BCUT2D eigenvalue weighted by Crippen LogP contribution is -2.27. The minimum absolute atomic E-state index is 0.181. The van der Waals surface area contributed by atoms with Gasteiger partial charge in [0.25, 0.3) is 5.91 Å². The zero-order valence-electron chi connectivity index (χ0n) is 17.1. The smallest absolute Gasteiger partial charge is 0.355 e. The summed E-state index contributed by atoms with van der Waals surface area (Å²) in [6.07, 6.45) is 3.30. The molecule has 5 rings (SSSR count). The van der Waals surface area contributed by atoms with Gasteiger partial charge in [-0.1, -0.05) is 65.4 Å². The Balaban J connectivity index is 1.30. The van der Waals surface area contributed by atoms with Crippen LogP contribution in [0.25, 0.3) is 16.2 Å². The van der Waals surface area contributed by atoms with E-state index in [1.54, 1.807) is 60.9 Å². The number of hydrogen-bond acceptors (Lipinski definition) is 7. The molecule has 1 fully saturated rings. The molecule has 3 heterocycles. The Hall–Kier alpha value is -2.62. The predicted molar refractivity (Wildman–Crippen MR) is 141 cm³/mol. The lowest BCUT2D eigenvalue weighted by atomic mass is 10.2. The number of halogens is 2. The molecular weight excluding hydrogens is 533 g/mol. The van der Waals surface area contributed by atoms with Gasteiger partial charge in [-0.05, 0) is 48.0 Å². The van der Waals surface area contributed by atoms with Gasteiger partial charge in [0, 0.05) is 10.1 Å². The number of thiocarbonyl (C=S) groups is 1. The highest BCUT2D eigenvalue weighted by Crippen LogP contribution is 2.40. The number of thioether (sulfide) groups is 1. The van der Waals surface area contributed by atoms with E-state index in [4.69, 9.17) is 44.6 Å². The molecule has 0 saturated carbocycles. The van der Waals surface area contributed by atoms with Gasteiger partial charge in [0.1, 0.15) is 20.7 Å². The maximum Gasteiger partial charge on any atom is 0.355 e. The number of carbonyl (C=O) groups excluding carboxylic acids is 2. The van der Waals surface area contributed by atoms with Crippen LogP contribution in [0, 0.1) is 0 Å². The van der Waals surface area contributed by atoms with Crippen molar-refractivity contribution >= 4 is 90.9 Å². The first-order valence-corrected chi connectivity index (χ1v) is 12.7. The molecule has 5 nitrogen and oxygen atoms in total. The Morgan fingerprint density at radius 1 is 1.12 bits per heavy atom. The fourth-order valence-electron chi connectivity index (χ4n) is 3.33. The molecule has 10 heteroatoms. The third-order valence-electron chi connectivity index (χ3n) is 4.95. The first-order chi connectivity index (χ1) is 16.4. The molecule has 0 N–H and O–H groups in total. The molecule has 1 aliphatic heterocycles. The van der Waals surface area contributed by atoms with Crippen molar-refractivity contribution in [2.45, 2.75) is 6.54 Å². The molecule has 2 aromatic carbocycles. The molecule has 0 radical (unpaired) electrons. The number of hydrogen-bond donors (Lipinski definition) is 0. The topological polar surface area (TPSA) is 59.8 Å². The molecule has 0 atom stereocenters. The number of benzene rings is 2. The molecular formula is C24H13Cl2NO4S3. The standard InChI is InChI=1S/C24H13Cl2NO4S3/c25-16-4-1-5-17-19(16)20(26)21(33-17)23(29)31-14-8-6-13(7-9-14)11-18-22(28)27(24(32)34-18)12-15-3-2-10-30-15/h1-11H,12H2. The van der Waals surface area contributed by atoms with Crippen molar-refractivity contribution in [3.63, 3.8) is 0 Å². The molecule has 0 aliphatic carbocycles. The van der Waals surface area contributed by atoms with Crippen LogP contribution in [0.3, 0.4) is 0 Å². The number of amides is 1. The Morgan fingerprint density at radius 3 is 2.62 bits per heavy atom. The Labute approximate surface area is 217 Å². The summed E-state index contributed by atoms with van der Waals surface area (Å²) in [5.41, 5.74) is 0.768. The normalized spacial score (nSPS) is 15.0. The van der Waals surface area contributed by atoms with Crippen molar-refractivity contribution in [2.75, 3.05) is 0 Å². The zero-order valence-corrected chi connectivity index (χ0v) is 21.1. The maximum atomic E-state index is 12.8. The number of esters is 1. The van der Waals surface area contributed by atoms with Crippen LogP contribution in [0.1, 0.15) is 21.0 Å². The third-order valence-corrected chi connectivity index (χ3v) is 8.27. The van der Waals surface area contributed by atoms with E-state index in [-0.39, 0.29) is 22.4 Å². The summed E-state index contributed by atoms with van der Waals surface area (Å²) in [4.78, 5) is 27.8. The van der Waals surface area contributed by atoms with Gasteiger partial charge in [0.2, 0.25) is 0 Å². The Kier molecular flexibility index (Phi) is 6.50. The summed E-state index contributed by atoms with van der Waals surface area (Å²) >= 11 is 20.4. The fraction of sp³-hybridized carbons (Fsp3) is 0.0417. The van der Waals surface area contributed by atoms with Gasteiger partial charge in [-0.15, -0.1) is 11.3 Å². The summed E-state index contributed by atoms with van der Waals surface area (Å²) in [7, 11) is 0. The van der Waals surface area contributed by atoms with Crippen LogP contribution in [0.5, 0.6) is 5.75 Å². The van der Waals surface area contributed by atoms with Crippen molar-refractivity contribution in [1.29, 1.82) is 0 Å². The fourth-order valence-corrected chi connectivity index (χ4v) is 6.41. The van der Waals surface area contributed by atoms with E-state index in [0.29, 0.717) is 31.1 Å². The monoisotopic (exact) mass is 545 g/mol. The van der Waals surface area contributed by atoms with Gasteiger partial charge in [-0.25, -0.2) is 4.79 Å². The molecule has 34 heavy (non-hydrogen) atoms. The number of carbonyl (C=O) groups is 2. The van der Waals surface area contributed by atoms with Crippen LogP contribution >= 0.6 is 58.5 Å². The van der Waals surface area contributed by atoms with Crippen molar-refractivity contribution in [2.24, 2.45) is 0 Å². The zero-order chi connectivity index (χ0) is 23.8. The molecule has 2 aromatic heterocycles. The van der Waals surface area contributed by atoms with Gasteiger partial charge < -0.3 is 9.15 Å². The second-order valence-corrected chi connectivity index (χ2v) is 10.7. The van der Waals surface area contributed by atoms with Gasteiger partial charge in [0.05, 0.1) is 27.8 Å². The second kappa shape index (κ2) is 9.56. The van der Waals surface area contributed by atoms with Crippen molar-refractivity contribution in [1.82, 2.24) is 4.90 Å². The van der Waals surface area contributed by atoms with Gasteiger partial charge in [0.15, 0.2) is 0 Å².